The van der Waals surface area contributed by atoms with E-state index < -0.39 is 0 Å². The first-order valence-electron chi connectivity index (χ1n) is 13.1. The predicted molar refractivity (Wildman–Crippen MR) is 144 cm³/mol. The minimum atomic E-state index is 0.683. The van der Waals surface area contributed by atoms with Gasteiger partial charge in [-0.05, 0) is 42.8 Å². The van der Waals surface area contributed by atoms with Crippen LogP contribution in [0.25, 0.3) is 33.7 Å². The number of aromatic nitrogens is 5. The van der Waals surface area contributed by atoms with E-state index in [1.165, 1.54) is 5.56 Å². The summed E-state index contributed by atoms with van der Waals surface area (Å²) in [7, 11) is 2.19. The third-order valence-corrected chi connectivity index (χ3v) is 7.30. The van der Waals surface area contributed by atoms with E-state index in [9.17, 15) is 0 Å². The van der Waals surface area contributed by atoms with Crippen LogP contribution in [-0.2, 0) is 17.8 Å². The topological polar surface area (TPSA) is 75.4 Å². The van der Waals surface area contributed by atoms with Crippen molar-refractivity contribution in [2.75, 3.05) is 64.4 Å². The minimum absolute atomic E-state index is 0.683. The molecular weight excluding hydrogens is 464 g/mol. The molecule has 4 heterocycles. The lowest BCUT2D eigenvalue weighted by atomic mass is 10.0. The van der Waals surface area contributed by atoms with E-state index in [4.69, 9.17) is 14.7 Å². The second-order valence-corrected chi connectivity index (χ2v) is 9.81. The summed E-state index contributed by atoms with van der Waals surface area (Å²) in [4.78, 5) is 16.9. The number of anilines is 1. The smallest absolute Gasteiger partial charge is 0.184 e. The third kappa shape index (κ3) is 5.07. The molecule has 0 bridgehead atoms. The molecule has 0 spiro atoms. The first kappa shape index (κ1) is 24.0. The Hall–Kier alpha value is -3.40. The van der Waals surface area contributed by atoms with Gasteiger partial charge in [0, 0.05) is 57.9 Å². The molecule has 0 N–H and O–H groups in total. The van der Waals surface area contributed by atoms with E-state index in [1.54, 1.807) is 0 Å². The first-order chi connectivity index (χ1) is 18.2. The van der Waals surface area contributed by atoms with Gasteiger partial charge < -0.3 is 14.5 Å². The number of benzene rings is 2. The number of piperazine rings is 1. The summed E-state index contributed by atoms with van der Waals surface area (Å²) < 4.78 is 7.38. The monoisotopic (exact) mass is 497 g/mol. The lowest BCUT2D eigenvalue weighted by Crippen LogP contribution is -2.43. The van der Waals surface area contributed by atoms with Crippen molar-refractivity contribution in [3.8, 4) is 22.5 Å². The van der Waals surface area contributed by atoms with Gasteiger partial charge in [0.1, 0.15) is 0 Å². The number of fused-ring (bicyclic) bond motifs is 1. The zero-order valence-corrected chi connectivity index (χ0v) is 21.6. The van der Waals surface area contributed by atoms with Gasteiger partial charge in [0.05, 0.1) is 13.2 Å². The molecule has 9 nitrogen and oxygen atoms in total. The molecule has 37 heavy (non-hydrogen) atoms. The van der Waals surface area contributed by atoms with E-state index in [0.717, 1.165) is 79.5 Å². The fourth-order valence-corrected chi connectivity index (χ4v) is 4.97. The number of nitrogens with zero attached hydrogens (tertiary/aromatic N) is 8. The molecule has 6 rings (SSSR count). The molecule has 9 heteroatoms. The van der Waals surface area contributed by atoms with Crippen molar-refractivity contribution in [1.29, 1.82) is 0 Å². The van der Waals surface area contributed by atoms with Gasteiger partial charge in [-0.3, -0.25) is 4.90 Å². The summed E-state index contributed by atoms with van der Waals surface area (Å²) >= 11 is 0. The molecule has 2 fully saturated rings. The maximum atomic E-state index is 5.55. The lowest BCUT2D eigenvalue weighted by Gasteiger charge is -2.32. The standard InChI is InChI=1S/C28H33N8O/c1-3-36-28-25(31-32-36)27(35-16-18-37-19-17-35)29-26(30-28)24-10-8-23(9-11-24)22-6-4-21(5-7-22)20-34-14-12-33(2)13-15-34/h4,6-11H,3,12-20H2,1-2H3. The predicted octanol–water partition coefficient (Wildman–Crippen LogP) is 2.96. The van der Waals surface area contributed by atoms with Crippen LogP contribution in [-0.4, -0.2) is 94.3 Å². The van der Waals surface area contributed by atoms with Gasteiger partial charge in [0.2, 0.25) is 0 Å². The molecule has 2 saturated heterocycles. The Morgan fingerprint density at radius 3 is 2.30 bits per heavy atom. The quantitative estimate of drug-likeness (QED) is 0.403. The van der Waals surface area contributed by atoms with Crippen LogP contribution >= 0.6 is 0 Å². The normalized spacial score (nSPS) is 17.5. The average molecular weight is 498 g/mol. The van der Waals surface area contributed by atoms with Gasteiger partial charge >= 0.3 is 0 Å². The molecular formula is C28H33N8O. The lowest BCUT2D eigenvalue weighted by molar-refractivity contribution is 0.122. The van der Waals surface area contributed by atoms with Gasteiger partial charge in [-0.15, -0.1) is 5.10 Å². The maximum Gasteiger partial charge on any atom is 0.184 e. The van der Waals surface area contributed by atoms with Gasteiger partial charge in [-0.25, -0.2) is 14.6 Å². The number of rotatable bonds is 6. The van der Waals surface area contributed by atoms with E-state index in [0.29, 0.717) is 25.6 Å². The number of ether oxygens (including phenoxy) is 1. The molecule has 0 unspecified atom stereocenters. The van der Waals surface area contributed by atoms with Crippen molar-refractivity contribution in [1.82, 2.24) is 34.8 Å². The summed E-state index contributed by atoms with van der Waals surface area (Å²) in [6.45, 7) is 11.1. The highest BCUT2D eigenvalue weighted by molar-refractivity contribution is 5.85. The summed E-state index contributed by atoms with van der Waals surface area (Å²) in [5.74, 6) is 1.52. The molecule has 2 aromatic heterocycles. The molecule has 0 atom stereocenters. The van der Waals surface area contributed by atoms with Crippen LogP contribution in [0.5, 0.6) is 0 Å². The highest BCUT2D eigenvalue weighted by Crippen LogP contribution is 2.28. The van der Waals surface area contributed by atoms with Crippen LogP contribution in [0.2, 0.25) is 0 Å². The van der Waals surface area contributed by atoms with Crippen LogP contribution in [0.4, 0.5) is 5.82 Å². The van der Waals surface area contributed by atoms with Crippen LogP contribution in [0.15, 0.2) is 42.5 Å². The Bertz CT molecular complexity index is 1340. The maximum absolute atomic E-state index is 5.55. The van der Waals surface area contributed by atoms with Gasteiger partial charge in [-0.1, -0.05) is 41.6 Å². The highest BCUT2D eigenvalue weighted by atomic mass is 16.5. The molecule has 1 radical (unpaired) electrons. The number of morpholine rings is 1. The summed E-state index contributed by atoms with van der Waals surface area (Å²) in [6.07, 6.45) is 0. The number of hydrogen-bond donors (Lipinski definition) is 0. The second-order valence-electron chi connectivity index (χ2n) is 9.81. The zero-order chi connectivity index (χ0) is 25.2. The van der Waals surface area contributed by atoms with Gasteiger partial charge in [0.25, 0.3) is 0 Å². The van der Waals surface area contributed by atoms with E-state index >= 15 is 0 Å². The number of likely N-dealkylation sites (N-methyl/N-ethyl adjacent to an activating group) is 1. The van der Waals surface area contributed by atoms with Crippen molar-refractivity contribution < 1.29 is 4.74 Å². The minimum Gasteiger partial charge on any atom is -0.378 e. The van der Waals surface area contributed by atoms with Gasteiger partial charge in [0.15, 0.2) is 22.8 Å². The largest absolute Gasteiger partial charge is 0.378 e. The third-order valence-electron chi connectivity index (χ3n) is 7.30. The fourth-order valence-electron chi connectivity index (χ4n) is 4.97. The average Bonchev–Trinajstić information content (AvgIpc) is 3.38. The van der Waals surface area contributed by atoms with Crippen LogP contribution in [0.3, 0.4) is 0 Å². The molecule has 4 aromatic rings. The van der Waals surface area contributed by atoms with E-state index in [1.807, 2.05) is 11.6 Å². The zero-order valence-electron chi connectivity index (χ0n) is 21.6. The molecule has 0 aliphatic carbocycles. The summed E-state index contributed by atoms with van der Waals surface area (Å²) in [5, 5.41) is 8.70. The van der Waals surface area contributed by atoms with E-state index in [2.05, 4.69) is 80.6 Å². The second kappa shape index (κ2) is 10.5. The Labute approximate surface area is 217 Å². The fraction of sp³-hybridized carbons (Fsp3) is 0.429. The van der Waals surface area contributed by atoms with Crippen molar-refractivity contribution in [3.05, 3.63) is 54.1 Å². The first-order valence-corrected chi connectivity index (χ1v) is 13.1. The Morgan fingerprint density at radius 1 is 0.865 bits per heavy atom. The Balaban J connectivity index is 1.24. The van der Waals surface area contributed by atoms with Crippen molar-refractivity contribution >= 4 is 17.0 Å². The summed E-state index contributed by atoms with van der Waals surface area (Å²) in [6, 6.07) is 18.5. The van der Waals surface area contributed by atoms with Crippen molar-refractivity contribution in [3.63, 3.8) is 0 Å². The SMILES string of the molecule is CCn1nnc2c(N3CCOCC3)nc(-c3ccc(-c4c[c]c(CN5CCN(C)CC5)cc4)cc3)nc21. The summed E-state index contributed by atoms with van der Waals surface area (Å²) in [5.41, 5.74) is 6.04. The highest BCUT2D eigenvalue weighted by Gasteiger charge is 2.21. The van der Waals surface area contributed by atoms with Crippen LogP contribution < -0.4 is 4.90 Å². The molecule has 0 amide bonds. The Kier molecular flexibility index (Phi) is 6.82. The molecule has 2 aromatic carbocycles. The molecule has 191 valence electrons. The molecule has 2 aliphatic rings. The van der Waals surface area contributed by atoms with Crippen molar-refractivity contribution in [2.45, 2.75) is 20.0 Å². The van der Waals surface area contributed by atoms with Crippen LogP contribution in [0, 0.1) is 6.07 Å². The van der Waals surface area contributed by atoms with Gasteiger partial charge in [-0.2, -0.15) is 0 Å². The van der Waals surface area contributed by atoms with Crippen molar-refractivity contribution in [2.24, 2.45) is 0 Å². The molecule has 2 aliphatic heterocycles. The number of aryl methyl sites for hydroxylation is 1. The van der Waals surface area contributed by atoms with Crippen LogP contribution in [0.1, 0.15) is 12.5 Å². The van der Waals surface area contributed by atoms with E-state index in [-0.39, 0.29) is 0 Å². The number of hydrogen-bond acceptors (Lipinski definition) is 8. The Morgan fingerprint density at radius 2 is 1.59 bits per heavy atom. The molecule has 0 saturated carbocycles.